The normalized spacial score (nSPS) is 13.4. The van der Waals surface area contributed by atoms with Crippen molar-refractivity contribution in [1.29, 1.82) is 0 Å². The first-order valence-electron chi connectivity index (χ1n) is 7.59. The Hall–Kier alpha value is -3.17. The topological polar surface area (TPSA) is 81.6 Å². The number of pyridine rings is 1. The Balaban J connectivity index is 2.50. The molecule has 2 aromatic rings. The minimum atomic E-state index is -5.29. The van der Waals surface area contributed by atoms with E-state index in [4.69, 9.17) is 0 Å². The zero-order chi connectivity index (χ0) is 20.2. The predicted molar refractivity (Wildman–Crippen MR) is 86.0 cm³/mol. The van der Waals surface area contributed by atoms with Crippen LogP contribution in [0.1, 0.15) is 16.1 Å². The average Bonchev–Trinajstić information content (AvgIpc) is 2.59. The van der Waals surface area contributed by atoms with Gasteiger partial charge in [0.2, 0.25) is 0 Å². The van der Waals surface area contributed by atoms with Crippen LogP contribution in [-0.4, -0.2) is 30.8 Å². The second kappa shape index (κ2) is 7.60. The quantitative estimate of drug-likeness (QED) is 0.469. The number of alkyl halides is 3. The Bertz CT molecular complexity index is 857. The summed E-state index contributed by atoms with van der Waals surface area (Å²) in [6, 6.07) is 8.30. The summed E-state index contributed by atoms with van der Waals surface area (Å²) in [5.41, 5.74) is -3.50. The van der Waals surface area contributed by atoms with Crippen molar-refractivity contribution in [2.75, 3.05) is 12.4 Å². The van der Waals surface area contributed by atoms with Gasteiger partial charge in [-0.2, -0.15) is 13.2 Å². The van der Waals surface area contributed by atoms with E-state index in [9.17, 15) is 27.2 Å². The molecule has 1 amide bonds. The molecule has 0 unspecified atom stereocenters. The number of amides is 1. The lowest BCUT2D eigenvalue weighted by molar-refractivity contribution is -0.372. The molecule has 0 aliphatic rings. The van der Waals surface area contributed by atoms with Crippen LogP contribution >= 0.6 is 0 Å². The Kier molecular flexibility index (Phi) is 5.67. The van der Waals surface area contributed by atoms with Gasteiger partial charge in [0.15, 0.2) is 0 Å². The van der Waals surface area contributed by atoms with Gasteiger partial charge >= 0.3 is 17.8 Å². The third kappa shape index (κ3) is 4.33. The largest absolute Gasteiger partial charge is 0.464 e. The summed E-state index contributed by atoms with van der Waals surface area (Å²) in [7, 11) is 0.749. The third-order valence-electron chi connectivity index (χ3n) is 3.57. The number of methoxy groups -OCH3 is 1. The predicted octanol–water partition coefficient (Wildman–Crippen LogP) is 2.22. The summed E-state index contributed by atoms with van der Waals surface area (Å²) in [5.74, 6) is -4.14. The number of carbonyl (C=O) groups excluding carboxylic acids is 2. The fraction of sp³-hybridized carbons (Fsp3) is 0.235. The Morgan fingerprint density at radius 2 is 1.78 bits per heavy atom. The number of hydrogen-bond donors (Lipinski definition) is 2. The molecule has 144 valence electrons. The molecule has 2 rings (SSSR count). The van der Waals surface area contributed by atoms with Crippen molar-refractivity contribution in [3.8, 4) is 0 Å². The first kappa shape index (κ1) is 20.1. The molecule has 0 radical (unpaired) electrons. The fourth-order valence-corrected chi connectivity index (χ4v) is 2.28. The molecule has 0 spiro atoms. The maximum atomic E-state index is 13.9. The van der Waals surface area contributed by atoms with Crippen LogP contribution in [0.4, 0.5) is 23.4 Å². The Morgan fingerprint density at radius 1 is 1.11 bits per heavy atom. The summed E-state index contributed by atoms with van der Waals surface area (Å²) in [6.45, 7) is 1.59. The second-order valence-corrected chi connectivity index (χ2v) is 5.58. The summed E-state index contributed by atoms with van der Waals surface area (Å²) in [5, 5.41) is 3.55. The van der Waals surface area contributed by atoms with Crippen molar-refractivity contribution in [3.05, 3.63) is 59.5 Å². The number of hydrogen-bond acceptors (Lipinski definition) is 4. The number of carbonyl (C=O) groups is 2. The summed E-state index contributed by atoms with van der Waals surface area (Å²) in [6.07, 6.45) is -5.29. The minimum Gasteiger partial charge on any atom is -0.464 e. The number of aryl methyl sites for hydroxylation is 1. The molecule has 6 nitrogen and oxygen atoms in total. The van der Waals surface area contributed by atoms with E-state index in [0.29, 0.717) is 5.69 Å². The molecule has 1 aromatic carbocycles. The van der Waals surface area contributed by atoms with Gasteiger partial charge in [-0.05, 0) is 31.2 Å². The van der Waals surface area contributed by atoms with Gasteiger partial charge in [0.05, 0.1) is 12.8 Å². The minimum absolute atomic E-state index is 0.197. The lowest BCUT2D eigenvalue weighted by Gasteiger charge is -2.30. The standard InChI is InChI=1S/C17H15F4N3O3/c1-10-5-3-8-13(22-10)23-16(15(26)27-2,17(19,20)21)24-14(25)11-6-4-7-12(18)9-11/h3-9H,1-2H3,(H,22,23)(H,24,25)/p+1/t16-/m1/s1. The number of benzene rings is 1. The highest BCUT2D eigenvalue weighted by Gasteiger charge is 2.67. The average molecular weight is 386 g/mol. The highest BCUT2D eigenvalue weighted by Crippen LogP contribution is 2.32. The lowest BCUT2D eigenvalue weighted by Crippen LogP contribution is -2.69. The summed E-state index contributed by atoms with van der Waals surface area (Å²) >= 11 is 0. The molecule has 1 heterocycles. The first-order valence-corrected chi connectivity index (χ1v) is 7.59. The van der Waals surface area contributed by atoms with E-state index in [-0.39, 0.29) is 5.82 Å². The van der Waals surface area contributed by atoms with Crippen LogP contribution in [0.15, 0.2) is 42.5 Å². The van der Waals surface area contributed by atoms with Crippen LogP contribution in [0, 0.1) is 12.7 Å². The number of aromatic nitrogens is 1. The van der Waals surface area contributed by atoms with Crippen LogP contribution in [0.25, 0.3) is 0 Å². The number of ether oxygens (including phenoxy) is 1. The monoisotopic (exact) mass is 386 g/mol. The maximum absolute atomic E-state index is 13.9. The highest BCUT2D eigenvalue weighted by molar-refractivity contribution is 5.99. The molecule has 0 aliphatic heterocycles. The number of esters is 1. The fourth-order valence-electron chi connectivity index (χ4n) is 2.28. The van der Waals surface area contributed by atoms with Crippen molar-refractivity contribution in [3.63, 3.8) is 0 Å². The number of halogens is 4. The van der Waals surface area contributed by atoms with Gasteiger partial charge in [0.25, 0.3) is 11.7 Å². The zero-order valence-electron chi connectivity index (χ0n) is 14.3. The third-order valence-corrected chi connectivity index (χ3v) is 3.57. The molecule has 0 saturated heterocycles. The van der Waals surface area contributed by atoms with Crippen LogP contribution in [0.2, 0.25) is 0 Å². The maximum Gasteiger partial charge on any atom is 0.464 e. The number of H-pyrrole nitrogens is 1. The number of rotatable bonds is 5. The van der Waals surface area contributed by atoms with E-state index in [1.165, 1.54) is 12.1 Å². The molecule has 0 bridgehead atoms. The van der Waals surface area contributed by atoms with Gasteiger partial charge in [-0.3, -0.25) is 10.1 Å². The van der Waals surface area contributed by atoms with Crippen molar-refractivity contribution in [1.82, 2.24) is 5.32 Å². The van der Waals surface area contributed by atoms with Crippen molar-refractivity contribution in [2.24, 2.45) is 0 Å². The number of nitrogens with one attached hydrogen (secondary N) is 3. The van der Waals surface area contributed by atoms with Gasteiger partial charge in [-0.25, -0.2) is 19.5 Å². The van der Waals surface area contributed by atoms with Gasteiger partial charge in [-0.15, -0.1) is 0 Å². The molecule has 10 heteroatoms. The lowest BCUT2D eigenvalue weighted by atomic mass is 10.1. The number of anilines is 1. The van der Waals surface area contributed by atoms with Gasteiger partial charge in [-0.1, -0.05) is 12.1 Å². The second-order valence-electron chi connectivity index (χ2n) is 5.58. The summed E-state index contributed by atoms with van der Waals surface area (Å²) < 4.78 is 59.2. The molecule has 0 fully saturated rings. The van der Waals surface area contributed by atoms with Gasteiger partial charge in [0, 0.05) is 11.6 Å². The molecule has 0 aliphatic carbocycles. The van der Waals surface area contributed by atoms with E-state index >= 15 is 0 Å². The smallest absolute Gasteiger partial charge is 0.464 e. The summed E-state index contributed by atoms with van der Waals surface area (Å²) in [4.78, 5) is 27.0. The first-order chi connectivity index (χ1) is 12.6. The molecule has 27 heavy (non-hydrogen) atoms. The molecule has 1 aromatic heterocycles. The van der Waals surface area contributed by atoms with Crippen LogP contribution < -0.4 is 15.6 Å². The Morgan fingerprint density at radius 3 is 2.33 bits per heavy atom. The van der Waals surface area contributed by atoms with E-state index in [2.05, 4.69) is 9.72 Å². The molecule has 3 N–H and O–H groups in total. The van der Waals surface area contributed by atoms with Gasteiger partial charge < -0.3 is 4.74 Å². The van der Waals surface area contributed by atoms with Crippen LogP contribution in [-0.2, 0) is 9.53 Å². The van der Waals surface area contributed by atoms with Crippen LogP contribution in [0.3, 0.4) is 0 Å². The Labute approximate surface area is 151 Å². The molecular weight excluding hydrogens is 370 g/mol. The van der Waals surface area contributed by atoms with E-state index < -0.39 is 35.1 Å². The van der Waals surface area contributed by atoms with Crippen molar-refractivity contribution >= 4 is 17.7 Å². The molecule has 0 saturated carbocycles. The molecular formula is C17H16F4N3O3+. The van der Waals surface area contributed by atoms with Gasteiger partial charge in [0.1, 0.15) is 5.82 Å². The van der Waals surface area contributed by atoms with Crippen LogP contribution in [0.5, 0.6) is 0 Å². The molecule has 1 atom stereocenters. The van der Waals surface area contributed by atoms with E-state index in [1.807, 2.05) is 5.32 Å². The van der Waals surface area contributed by atoms with E-state index in [1.54, 1.807) is 18.3 Å². The zero-order valence-corrected chi connectivity index (χ0v) is 14.3. The van der Waals surface area contributed by atoms with E-state index in [0.717, 1.165) is 31.4 Å². The highest BCUT2D eigenvalue weighted by atomic mass is 19.4. The van der Waals surface area contributed by atoms with Crippen molar-refractivity contribution in [2.45, 2.75) is 18.8 Å². The van der Waals surface area contributed by atoms with Crippen molar-refractivity contribution < 1.29 is 36.9 Å². The number of aromatic amines is 1. The SMILES string of the molecule is COC(=O)[C@](NC(=O)c1cccc(F)c1)(Nc1cccc(C)[nH+]1)C(F)(F)F.